The summed E-state index contributed by atoms with van der Waals surface area (Å²) in [5.41, 5.74) is 6.57. The minimum Gasteiger partial charge on any atom is -0.480 e. The highest BCUT2D eigenvalue weighted by atomic mass is 32.1. The largest absolute Gasteiger partial charge is 0.480 e. The highest BCUT2D eigenvalue weighted by molar-refractivity contribution is 7.21. The van der Waals surface area contributed by atoms with Gasteiger partial charge >= 0.3 is 6.09 Å². The van der Waals surface area contributed by atoms with E-state index in [2.05, 4.69) is 10.2 Å². The van der Waals surface area contributed by atoms with E-state index in [1.165, 1.54) is 11.3 Å². The summed E-state index contributed by atoms with van der Waals surface area (Å²) in [6.07, 6.45) is 1.34. The lowest BCUT2D eigenvalue weighted by Crippen LogP contribution is -2.47. The van der Waals surface area contributed by atoms with Crippen molar-refractivity contribution in [2.45, 2.75) is 45.3 Å². The molecule has 2 fully saturated rings. The van der Waals surface area contributed by atoms with Crippen LogP contribution in [0.1, 0.15) is 44.0 Å². The van der Waals surface area contributed by atoms with Gasteiger partial charge in [-0.15, -0.1) is 11.3 Å². The number of hydrogen-bond acceptors (Lipinski definition) is 11. The number of carbonyl (C=O) groups is 2. The lowest BCUT2D eigenvalue weighted by atomic mass is 10.1. The molecule has 2 aromatic heterocycles. The van der Waals surface area contributed by atoms with E-state index in [0.29, 0.717) is 78.7 Å². The van der Waals surface area contributed by atoms with Gasteiger partial charge in [0.25, 0.3) is 0 Å². The molecule has 214 valence electrons. The molecule has 2 amide bonds. The quantitative estimate of drug-likeness (QED) is 0.452. The van der Waals surface area contributed by atoms with Crippen LogP contribution in [0.15, 0.2) is 18.2 Å². The van der Waals surface area contributed by atoms with Gasteiger partial charge in [-0.05, 0) is 51.8 Å². The van der Waals surface area contributed by atoms with Crippen LogP contribution in [-0.2, 0) is 9.47 Å². The average Bonchev–Trinajstić information content (AvgIpc) is 3.35. The van der Waals surface area contributed by atoms with E-state index in [1.807, 2.05) is 26.8 Å². The normalized spacial score (nSPS) is 18.1. The first-order valence-corrected chi connectivity index (χ1v) is 14.2. The van der Waals surface area contributed by atoms with Gasteiger partial charge in [-0.1, -0.05) is 0 Å². The van der Waals surface area contributed by atoms with Crippen LogP contribution in [0.3, 0.4) is 0 Å². The van der Waals surface area contributed by atoms with E-state index in [4.69, 9.17) is 34.9 Å². The number of fused-ring (bicyclic) bond motifs is 1. The van der Waals surface area contributed by atoms with Crippen molar-refractivity contribution in [3.8, 4) is 16.5 Å². The summed E-state index contributed by atoms with van der Waals surface area (Å²) < 4.78 is 17.8. The molecule has 5 rings (SSSR count). The zero-order valence-electron chi connectivity index (χ0n) is 23.2. The van der Waals surface area contributed by atoms with Gasteiger partial charge in [0, 0.05) is 37.8 Å². The number of nitrogens with two attached hydrogens (primary N) is 1. The standard InChI is InChI=1S/C27H35N7O5S/c1-27(2,3)39-26(36)34-9-5-6-17(15-34)29-22-20(23(37-4)32-25(31-22)33-10-12-38-13-11-33)24-30-18-14-16(21(28)35)7-8-19(18)40-24/h7-8,14,17H,5-6,9-13,15H2,1-4H3,(H2,28,35)(H,29,31,32)/t17-/m1/s1. The predicted molar refractivity (Wildman–Crippen MR) is 153 cm³/mol. The number of piperidine rings is 1. The fourth-order valence-corrected chi connectivity index (χ4v) is 5.73. The molecule has 2 aliphatic heterocycles. The first kappa shape index (κ1) is 27.8. The molecule has 0 aliphatic carbocycles. The van der Waals surface area contributed by atoms with Crippen molar-refractivity contribution in [3.63, 3.8) is 0 Å². The Hall–Kier alpha value is -3.71. The minimum absolute atomic E-state index is 0.0759. The molecule has 0 radical (unpaired) electrons. The SMILES string of the molecule is COc1nc(N2CCOCC2)nc(N[C@@H]2CCCN(C(=O)OC(C)(C)C)C2)c1-c1nc2cc(C(N)=O)ccc2s1. The summed E-state index contributed by atoms with van der Waals surface area (Å²) in [6, 6.07) is 5.13. The molecule has 1 aromatic carbocycles. The van der Waals surface area contributed by atoms with Gasteiger partial charge in [0.2, 0.25) is 17.7 Å². The van der Waals surface area contributed by atoms with Gasteiger partial charge in [0.15, 0.2) is 0 Å². The fraction of sp³-hybridized carbons (Fsp3) is 0.519. The number of benzene rings is 1. The van der Waals surface area contributed by atoms with E-state index < -0.39 is 11.5 Å². The number of ether oxygens (including phenoxy) is 3. The van der Waals surface area contributed by atoms with Gasteiger partial charge in [-0.3, -0.25) is 4.79 Å². The number of nitrogens with zero attached hydrogens (tertiary/aromatic N) is 5. The van der Waals surface area contributed by atoms with Crippen LogP contribution in [0.4, 0.5) is 16.6 Å². The van der Waals surface area contributed by atoms with Crippen molar-refractivity contribution >= 4 is 45.3 Å². The number of anilines is 2. The second-order valence-electron chi connectivity index (χ2n) is 10.8. The van der Waals surface area contributed by atoms with E-state index in [1.54, 1.807) is 24.1 Å². The van der Waals surface area contributed by atoms with Crippen molar-refractivity contribution in [1.29, 1.82) is 0 Å². The minimum atomic E-state index is -0.571. The van der Waals surface area contributed by atoms with Crippen molar-refractivity contribution < 1.29 is 23.8 Å². The molecular formula is C27H35N7O5S. The van der Waals surface area contributed by atoms with E-state index >= 15 is 0 Å². The van der Waals surface area contributed by atoms with Gasteiger partial charge in [-0.2, -0.15) is 9.97 Å². The van der Waals surface area contributed by atoms with Gasteiger partial charge in [0.05, 0.1) is 30.5 Å². The third-order valence-electron chi connectivity index (χ3n) is 6.65. The third-order valence-corrected chi connectivity index (χ3v) is 7.71. The van der Waals surface area contributed by atoms with E-state index in [9.17, 15) is 9.59 Å². The molecule has 2 saturated heterocycles. The number of carbonyl (C=O) groups excluding carboxylic acids is 2. The Kier molecular flexibility index (Phi) is 7.95. The molecule has 13 heteroatoms. The predicted octanol–water partition coefficient (Wildman–Crippen LogP) is 3.51. The average molecular weight is 570 g/mol. The number of aromatic nitrogens is 3. The topological polar surface area (TPSA) is 145 Å². The molecule has 0 bridgehead atoms. The van der Waals surface area contributed by atoms with Crippen LogP contribution >= 0.6 is 11.3 Å². The Morgan fingerprint density at radius 2 is 1.93 bits per heavy atom. The van der Waals surface area contributed by atoms with Crippen LogP contribution in [0.25, 0.3) is 20.8 Å². The molecule has 3 N–H and O–H groups in total. The maximum atomic E-state index is 12.8. The maximum Gasteiger partial charge on any atom is 0.410 e. The Bertz CT molecular complexity index is 1400. The van der Waals surface area contributed by atoms with Gasteiger partial charge < -0.3 is 35.1 Å². The molecule has 0 unspecified atom stereocenters. The molecule has 0 saturated carbocycles. The zero-order chi connectivity index (χ0) is 28.4. The number of methoxy groups -OCH3 is 1. The highest BCUT2D eigenvalue weighted by Crippen LogP contribution is 2.41. The Morgan fingerprint density at radius 1 is 1.15 bits per heavy atom. The zero-order valence-corrected chi connectivity index (χ0v) is 24.0. The number of nitrogens with one attached hydrogen (secondary N) is 1. The number of thiazole rings is 1. The van der Waals surface area contributed by atoms with E-state index in [-0.39, 0.29) is 12.1 Å². The van der Waals surface area contributed by atoms with Crippen LogP contribution < -0.4 is 20.7 Å². The first-order chi connectivity index (χ1) is 19.1. The summed E-state index contributed by atoms with van der Waals surface area (Å²) in [7, 11) is 1.57. The van der Waals surface area contributed by atoms with E-state index in [0.717, 1.165) is 17.5 Å². The van der Waals surface area contributed by atoms with Gasteiger partial charge in [-0.25, -0.2) is 9.78 Å². The second-order valence-corrected chi connectivity index (χ2v) is 11.9. The fourth-order valence-electron chi connectivity index (χ4n) is 4.75. The van der Waals surface area contributed by atoms with Crippen molar-refractivity contribution in [1.82, 2.24) is 19.9 Å². The van der Waals surface area contributed by atoms with Crippen LogP contribution in [0.2, 0.25) is 0 Å². The molecule has 40 heavy (non-hydrogen) atoms. The lowest BCUT2D eigenvalue weighted by Gasteiger charge is -2.35. The molecule has 1 atom stereocenters. The van der Waals surface area contributed by atoms with Gasteiger partial charge in [0.1, 0.15) is 22.0 Å². The van der Waals surface area contributed by atoms with Crippen molar-refractivity contribution in [2.24, 2.45) is 5.73 Å². The first-order valence-electron chi connectivity index (χ1n) is 13.4. The number of rotatable bonds is 6. The molecule has 0 spiro atoms. The molecular weight excluding hydrogens is 534 g/mol. The summed E-state index contributed by atoms with van der Waals surface area (Å²) in [5.74, 6) is 0.969. The second kappa shape index (κ2) is 11.4. The third kappa shape index (κ3) is 6.20. The van der Waals surface area contributed by atoms with Crippen LogP contribution in [0, 0.1) is 0 Å². The number of likely N-dealkylation sites (tertiary alicyclic amines) is 1. The maximum absolute atomic E-state index is 12.8. The summed E-state index contributed by atoms with van der Waals surface area (Å²) >= 11 is 1.45. The number of primary amides is 1. The highest BCUT2D eigenvalue weighted by Gasteiger charge is 2.30. The smallest absolute Gasteiger partial charge is 0.410 e. The van der Waals surface area contributed by atoms with Crippen LogP contribution in [-0.4, -0.2) is 90.0 Å². The number of hydrogen-bond donors (Lipinski definition) is 2. The van der Waals surface area contributed by atoms with Crippen LogP contribution in [0.5, 0.6) is 5.88 Å². The molecule has 3 aromatic rings. The summed E-state index contributed by atoms with van der Waals surface area (Å²) in [6.45, 7) is 9.18. The molecule has 4 heterocycles. The van der Waals surface area contributed by atoms with Crippen molar-refractivity contribution in [3.05, 3.63) is 23.8 Å². The number of amides is 2. The Labute approximate surface area is 236 Å². The molecule has 12 nitrogen and oxygen atoms in total. The monoisotopic (exact) mass is 569 g/mol. The summed E-state index contributed by atoms with van der Waals surface area (Å²) in [4.78, 5) is 42.8. The Morgan fingerprint density at radius 3 is 2.62 bits per heavy atom. The lowest BCUT2D eigenvalue weighted by molar-refractivity contribution is 0.0206. The molecule has 2 aliphatic rings. The van der Waals surface area contributed by atoms with Crippen molar-refractivity contribution in [2.75, 3.05) is 56.7 Å². The summed E-state index contributed by atoms with van der Waals surface area (Å²) in [5, 5.41) is 4.22. The number of morpholine rings is 1. The Balaban J connectivity index is 1.52.